The molecule has 1 fully saturated rings. The third-order valence-corrected chi connectivity index (χ3v) is 3.23. The average molecular weight is 233 g/mol. The van der Waals surface area contributed by atoms with Gasteiger partial charge >= 0.3 is 5.97 Å². The van der Waals surface area contributed by atoms with Gasteiger partial charge in [-0.05, 0) is 12.2 Å². The maximum absolute atomic E-state index is 11.4. The van der Waals surface area contributed by atoms with Crippen LogP contribution in [0.3, 0.4) is 0 Å². The largest absolute Gasteiger partial charge is 0.480 e. The average Bonchev–Trinajstić information content (AvgIpc) is 2.69. The molecular weight excluding hydrogens is 218 g/mol. The number of hydrogen-bond acceptors (Lipinski definition) is 4. The first kappa shape index (κ1) is 12.3. The Kier molecular flexibility index (Phi) is 5.49. The summed E-state index contributed by atoms with van der Waals surface area (Å²) in [6.07, 6.45) is 0.937. The van der Waals surface area contributed by atoms with E-state index in [9.17, 15) is 9.59 Å². The molecule has 0 radical (unpaired) electrons. The molecule has 1 aliphatic heterocycles. The van der Waals surface area contributed by atoms with Crippen molar-refractivity contribution in [1.82, 2.24) is 5.32 Å². The smallest absolute Gasteiger partial charge is 0.329 e. The van der Waals surface area contributed by atoms with Gasteiger partial charge in [-0.1, -0.05) is 0 Å². The van der Waals surface area contributed by atoms with Crippen LogP contribution in [0.4, 0.5) is 0 Å². The lowest BCUT2D eigenvalue weighted by molar-refractivity contribution is -0.142. The number of ether oxygens (including phenoxy) is 1. The van der Waals surface area contributed by atoms with Gasteiger partial charge < -0.3 is 15.2 Å². The van der Waals surface area contributed by atoms with Crippen molar-refractivity contribution in [3.05, 3.63) is 0 Å². The van der Waals surface area contributed by atoms with E-state index in [1.807, 2.05) is 0 Å². The predicted molar refractivity (Wildman–Crippen MR) is 56.9 cm³/mol. The van der Waals surface area contributed by atoms with Crippen LogP contribution < -0.4 is 5.32 Å². The van der Waals surface area contributed by atoms with Crippen LogP contribution in [0.15, 0.2) is 0 Å². The van der Waals surface area contributed by atoms with E-state index >= 15 is 0 Å². The molecule has 0 aromatic rings. The molecule has 0 bridgehead atoms. The Bertz CT molecular complexity index is 228. The molecule has 0 aliphatic carbocycles. The van der Waals surface area contributed by atoms with E-state index in [0.717, 1.165) is 17.9 Å². The first-order valence-corrected chi connectivity index (χ1v) is 6.00. The van der Waals surface area contributed by atoms with Crippen LogP contribution in [0, 0.1) is 5.92 Å². The summed E-state index contributed by atoms with van der Waals surface area (Å²) in [7, 11) is 0. The molecule has 15 heavy (non-hydrogen) atoms. The van der Waals surface area contributed by atoms with Crippen LogP contribution in [0.5, 0.6) is 0 Å². The number of carboxylic acid groups (broad SMARTS) is 1. The van der Waals surface area contributed by atoms with E-state index < -0.39 is 5.97 Å². The number of hydrogen-bond donors (Lipinski definition) is 2. The minimum absolute atomic E-state index is 0.0546. The fourth-order valence-corrected chi connectivity index (χ4v) is 2.51. The highest BCUT2D eigenvalue weighted by Gasteiger charge is 2.22. The number of amides is 1. The zero-order valence-corrected chi connectivity index (χ0v) is 9.22. The molecule has 2 N–H and O–H groups in total. The van der Waals surface area contributed by atoms with Crippen LogP contribution in [0.1, 0.15) is 6.42 Å². The Morgan fingerprint density at radius 1 is 1.53 bits per heavy atom. The van der Waals surface area contributed by atoms with Crippen LogP contribution in [0.25, 0.3) is 0 Å². The van der Waals surface area contributed by atoms with Gasteiger partial charge in [-0.3, -0.25) is 4.79 Å². The maximum atomic E-state index is 11.4. The fraction of sp³-hybridized carbons (Fsp3) is 0.778. The lowest BCUT2D eigenvalue weighted by Crippen LogP contribution is -2.33. The standard InChI is InChI=1S/C9H15NO4S/c11-8(12)5-14-3-2-10-9(13)7-1-4-15-6-7/h7H,1-6H2,(H,10,13)(H,11,12). The van der Waals surface area contributed by atoms with Crippen LogP contribution >= 0.6 is 11.8 Å². The minimum Gasteiger partial charge on any atom is -0.480 e. The quantitative estimate of drug-likeness (QED) is 0.629. The van der Waals surface area contributed by atoms with Gasteiger partial charge in [0.25, 0.3) is 0 Å². The number of thioether (sulfide) groups is 1. The molecule has 1 atom stereocenters. The molecule has 1 unspecified atom stereocenters. The lowest BCUT2D eigenvalue weighted by Gasteiger charge is -2.09. The van der Waals surface area contributed by atoms with Crippen LogP contribution in [-0.4, -0.2) is 48.2 Å². The van der Waals surface area contributed by atoms with Crippen molar-refractivity contribution in [3.63, 3.8) is 0 Å². The van der Waals surface area contributed by atoms with Gasteiger partial charge in [0.15, 0.2) is 0 Å². The molecule has 0 aromatic heterocycles. The third-order valence-electron chi connectivity index (χ3n) is 2.07. The first-order valence-electron chi connectivity index (χ1n) is 4.85. The van der Waals surface area contributed by atoms with E-state index in [1.54, 1.807) is 11.8 Å². The highest BCUT2D eigenvalue weighted by atomic mass is 32.2. The van der Waals surface area contributed by atoms with Crippen LogP contribution in [0.2, 0.25) is 0 Å². The van der Waals surface area contributed by atoms with Crippen molar-refractivity contribution in [1.29, 1.82) is 0 Å². The molecule has 1 saturated heterocycles. The zero-order valence-electron chi connectivity index (χ0n) is 8.40. The van der Waals surface area contributed by atoms with E-state index in [1.165, 1.54) is 0 Å². The van der Waals surface area contributed by atoms with Crippen molar-refractivity contribution in [2.75, 3.05) is 31.3 Å². The summed E-state index contributed by atoms with van der Waals surface area (Å²) >= 11 is 1.79. The third kappa shape index (κ3) is 5.03. The van der Waals surface area contributed by atoms with Gasteiger partial charge in [-0.25, -0.2) is 4.79 Å². The summed E-state index contributed by atoms with van der Waals surface area (Å²) in [5.74, 6) is 1.12. The molecule has 5 nitrogen and oxygen atoms in total. The molecule has 6 heteroatoms. The minimum atomic E-state index is -0.992. The zero-order chi connectivity index (χ0) is 11.1. The summed E-state index contributed by atoms with van der Waals surface area (Å²) in [6.45, 7) is 0.320. The number of aliphatic carboxylic acids is 1. The highest BCUT2D eigenvalue weighted by Crippen LogP contribution is 2.23. The van der Waals surface area contributed by atoms with Gasteiger partial charge in [-0.15, -0.1) is 0 Å². The molecule has 0 saturated carbocycles. The molecule has 1 amide bonds. The molecule has 86 valence electrons. The van der Waals surface area contributed by atoms with Gasteiger partial charge in [-0.2, -0.15) is 11.8 Å². The Balaban J connectivity index is 1.99. The van der Waals surface area contributed by atoms with E-state index in [-0.39, 0.29) is 25.0 Å². The molecule has 1 aliphatic rings. The number of carboxylic acids is 1. The molecule has 1 rings (SSSR count). The van der Waals surface area contributed by atoms with Crippen molar-refractivity contribution >= 4 is 23.6 Å². The Morgan fingerprint density at radius 3 is 2.93 bits per heavy atom. The van der Waals surface area contributed by atoms with E-state index in [4.69, 9.17) is 9.84 Å². The molecule has 0 spiro atoms. The SMILES string of the molecule is O=C(O)COCCNC(=O)C1CCSC1. The second-order valence-corrected chi connectivity index (χ2v) is 4.45. The Morgan fingerprint density at radius 2 is 2.33 bits per heavy atom. The van der Waals surface area contributed by atoms with Crippen molar-refractivity contribution in [2.24, 2.45) is 5.92 Å². The van der Waals surface area contributed by atoms with Crippen molar-refractivity contribution in [3.8, 4) is 0 Å². The van der Waals surface area contributed by atoms with Gasteiger partial charge in [0.05, 0.1) is 6.61 Å². The summed E-state index contributed by atoms with van der Waals surface area (Å²) in [4.78, 5) is 21.5. The van der Waals surface area contributed by atoms with E-state index in [0.29, 0.717) is 6.54 Å². The monoisotopic (exact) mass is 233 g/mol. The van der Waals surface area contributed by atoms with E-state index in [2.05, 4.69) is 5.32 Å². The fourth-order valence-electron chi connectivity index (χ4n) is 1.29. The summed E-state index contributed by atoms with van der Waals surface area (Å²) in [5.41, 5.74) is 0. The Labute approximate surface area is 92.6 Å². The number of rotatable bonds is 6. The maximum Gasteiger partial charge on any atom is 0.329 e. The summed E-state index contributed by atoms with van der Waals surface area (Å²) in [6, 6.07) is 0. The van der Waals surface area contributed by atoms with Gasteiger partial charge in [0, 0.05) is 18.2 Å². The normalized spacial score (nSPS) is 20.1. The molecule has 0 aromatic carbocycles. The predicted octanol–water partition coefficient (Wildman–Crippen LogP) is -0.0431. The summed E-state index contributed by atoms with van der Waals surface area (Å²) < 4.78 is 4.79. The lowest BCUT2D eigenvalue weighted by atomic mass is 10.1. The summed E-state index contributed by atoms with van der Waals surface area (Å²) in [5, 5.41) is 11.0. The topological polar surface area (TPSA) is 75.6 Å². The van der Waals surface area contributed by atoms with Gasteiger partial charge in [0.1, 0.15) is 6.61 Å². The van der Waals surface area contributed by atoms with Crippen LogP contribution in [-0.2, 0) is 14.3 Å². The van der Waals surface area contributed by atoms with Gasteiger partial charge in [0.2, 0.25) is 5.91 Å². The molecular formula is C9H15NO4S. The number of carbonyl (C=O) groups is 2. The number of carbonyl (C=O) groups excluding carboxylic acids is 1. The van der Waals surface area contributed by atoms with Crippen molar-refractivity contribution < 1.29 is 19.4 Å². The van der Waals surface area contributed by atoms with Crippen molar-refractivity contribution in [2.45, 2.75) is 6.42 Å². The second-order valence-electron chi connectivity index (χ2n) is 3.30. The first-order chi connectivity index (χ1) is 7.20. The number of nitrogens with one attached hydrogen (secondary N) is 1. The molecule has 1 heterocycles. The second kappa shape index (κ2) is 6.68. The highest BCUT2D eigenvalue weighted by molar-refractivity contribution is 7.99. The Hall–Kier alpha value is -0.750.